The van der Waals surface area contributed by atoms with Crippen LogP contribution >= 0.6 is 0 Å². The molecule has 0 radical (unpaired) electrons. The van der Waals surface area contributed by atoms with Crippen molar-refractivity contribution < 1.29 is 9.47 Å². The number of nitrogens with one attached hydrogen (secondary N) is 1. The Kier molecular flexibility index (Phi) is 4.37. The van der Waals surface area contributed by atoms with Crippen LogP contribution in [0.15, 0.2) is 60.7 Å². The van der Waals surface area contributed by atoms with Crippen LogP contribution < -0.4 is 11.1 Å². The van der Waals surface area contributed by atoms with Gasteiger partial charge in [-0.1, -0.05) is 60.7 Å². The Morgan fingerprint density at radius 3 is 2.17 bits per heavy atom. The molecule has 0 aromatic heterocycles. The molecule has 4 heteroatoms. The van der Waals surface area contributed by atoms with E-state index in [9.17, 15) is 0 Å². The Hall–Kier alpha value is -1.72. The van der Waals surface area contributed by atoms with Crippen LogP contribution in [0.3, 0.4) is 0 Å². The smallest absolute Gasteiger partial charge is 0.222 e. The van der Waals surface area contributed by atoms with Crippen molar-refractivity contribution in [3.8, 4) is 0 Å². The Morgan fingerprint density at radius 2 is 1.58 bits per heavy atom. The molecule has 0 bridgehead atoms. The Bertz CT molecular complexity index is 622. The van der Waals surface area contributed by atoms with Crippen LogP contribution in [0.4, 0.5) is 0 Å². The molecule has 2 fully saturated rings. The summed E-state index contributed by atoms with van der Waals surface area (Å²) in [6.07, 6.45) is 1.94. The highest BCUT2D eigenvalue weighted by atomic mass is 16.7. The average molecular weight is 324 g/mol. The zero-order valence-corrected chi connectivity index (χ0v) is 13.7. The molecule has 3 atom stereocenters. The maximum absolute atomic E-state index is 6.57. The molecule has 2 aromatic carbocycles. The normalized spacial score (nSPS) is 29.5. The predicted molar refractivity (Wildman–Crippen MR) is 93.5 cm³/mol. The number of ether oxygens (including phenoxy) is 2. The monoisotopic (exact) mass is 324 g/mol. The maximum atomic E-state index is 6.57. The summed E-state index contributed by atoms with van der Waals surface area (Å²) in [6.45, 7) is 1.50. The van der Waals surface area contributed by atoms with E-state index in [1.54, 1.807) is 0 Å². The van der Waals surface area contributed by atoms with E-state index in [1.807, 2.05) is 36.4 Å². The van der Waals surface area contributed by atoms with Crippen LogP contribution in [0, 0.1) is 0 Å². The van der Waals surface area contributed by atoms with Crippen molar-refractivity contribution in [1.29, 1.82) is 0 Å². The van der Waals surface area contributed by atoms with E-state index in [2.05, 4.69) is 29.6 Å². The van der Waals surface area contributed by atoms with Crippen molar-refractivity contribution in [2.45, 2.75) is 36.8 Å². The molecule has 2 heterocycles. The summed E-state index contributed by atoms with van der Waals surface area (Å²) in [5, 5.41) is 3.55. The zero-order chi connectivity index (χ0) is 16.4. The SMILES string of the molecule is N[C@H]1CCN[C@H]([C@@H]2COC(c3ccccc3)(c3ccccc3)O2)C1. The van der Waals surface area contributed by atoms with E-state index in [-0.39, 0.29) is 18.2 Å². The van der Waals surface area contributed by atoms with Crippen molar-refractivity contribution in [1.82, 2.24) is 5.32 Å². The van der Waals surface area contributed by atoms with E-state index in [0.717, 1.165) is 30.5 Å². The summed E-state index contributed by atoms with van der Waals surface area (Å²) in [6, 6.07) is 20.8. The molecule has 2 saturated heterocycles. The van der Waals surface area contributed by atoms with Gasteiger partial charge in [-0.15, -0.1) is 0 Å². The van der Waals surface area contributed by atoms with Gasteiger partial charge in [0.25, 0.3) is 0 Å². The molecule has 2 aliphatic rings. The minimum atomic E-state index is -0.837. The zero-order valence-electron chi connectivity index (χ0n) is 13.7. The Labute approximate surface area is 143 Å². The van der Waals surface area contributed by atoms with Gasteiger partial charge in [-0.2, -0.15) is 0 Å². The van der Waals surface area contributed by atoms with E-state index in [4.69, 9.17) is 15.2 Å². The third kappa shape index (κ3) is 2.87. The first-order valence-electron chi connectivity index (χ1n) is 8.70. The molecule has 2 aliphatic heterocycles. The fourth-order valence-corrected chi connectivity index (χ4v) is 3.73. The molecule has 0 aliphatic carbocycles. The maximum Gasteiger partial charge on any atom is 0.222 e. The van der Waals surface area contributed by atoms with Crippen LogP contribution in [0.5, 0.6) is 0 Å². The van der Waals surface area contributed by atoms with Gasteiger partial charge in [-0.05, 0) is 19.4 Å². The first-order chi connectivity index (χ1) is 11.8. The van der Waals surface area contributed by atoms with Gasteiger partial charge >= 0.3 is 0 Å². The first kappa shape index (κ1) is 15.8. The lowest BCUT2D eigenvalue weighted by Crippen LogP contribution is -2.50. The third-order valence-corrected chi connectivity index (χ3v) is 5.00. The number of hydrogen-bond acceptors (Lipinski definition) is 4. The van der Waals surface area contributed by atoms with Crippen molar-refractivity contribution in [2.24, 2.45) is 5.73 Å². The lowest BCUT2D eigenvalue weighted by atomic mass is 9.95. The molecule has 0 saturated carbocycles. The fraction of sp³-hybridized carbons (Fsp3) is 0.400. The van der Waals surface area contributed by atoms with E-state index in [0.29, 0.717) is 6.61 Å². The van der Waals surface area contributed by atoms with Crippen molar-refractivity contribution in [3.63, 3.8) is 0 Å². The summed E-state index contributed by atoms with van der Waals surface area (Å²) >= 11 is 0. The van der Waals surface area contributed by atoms with Gasteiger partial charge in [0.05, 0.1) is 6.61 Å². The molecule has 4 nitrogen and oxygen atoms in total. The number of benzene rings is 2. The largest absolute Gasteiger partial charge is 0.339 e. The average Bonchev–Trinajstić information content (AvgIpc) is 3.10. The highest BCUT2D eigenvalue weighted by Crippen LogP contribution is 2.41. The number of piperidine rings is 1. The molecule has 2 aromatic rings. The Balaban J connectivity index is 1.66. The van der Waals surface area contributed by atoms with Crippen LogP contribution in [0.2, 0.25) is 0 Å². The van der Waals surface area contributed by atoms with Crippen LogP contribution in [-0.2, 0) is 15.3 Å². The van der Waals surface area contributed by atoms with Crippen molar-refractivity contribution >= 4 is 0 Å². The standard InChI is InChI=1S/C20H24N2O2/c21-17-11-12-22-18(13-17)19-14-23-20(24-19,15-7-3-1-4-8-15)16-9-5-2-6-10-16/h1-10,17-19,22H,11-14,21H2/t17-,18-,19-/m0/s1. The second-order valence-corrected chi connectivity index (χ2v) is 6.66. The fourth-order valence-electron chi connectivity index (χ4n) is 3.73. The summed E-state index contributed by atoms with van der Waals surface area (Å²) in [5.41, 5.74) is 8.20. The lowest BCUT2D eigenvalue weighted by Gasteiger charge is -2.33. The van der Waals surface area contributed by atoms with Gasteiger partial charge in [0, 0.05) is 23.2 Å². The highest BCUT2D eigenvalue weighted by Gasteiger charge is 2.47. The molecular formula is C20H24N2O2. The molecule has 0 unspecified atom stereocenters. The second-order valence-electron chi connectivity index (χ2n) is 6.66. The van der Waals surface area contributed by atoms with Gasteiger partial charge < -0.3 is 20.5 Å². The lowest BCUT2D eigenvalue weighted by molar-refractivity contribution is -0.146. The minimum absolute atomic E-state index is 0.00300. The predicted octanol–water partition coefficient (Wildman–Crippen LogP) is 2.38. The van der Waals surface area contributed by atoms with Crippen LogP contribution in [0.1, 0.15) is 24.0 Å². The first-order valence-corrected chi connectivity index (χ1v) is 8.70. The molecule has 0 spiro atoms. The molecule has 24 heavy (non-hydrogen) atoms. The highest BCUT2D eigenvalue weighted by molar-refractivity contribution is 5.34. The number of nitrogens with two attached hydrogens (primary N) is 1. The molecule has 3 N–H and O–H groups in total. The number of rotatable bonds is 3. The third-order valence-electron chi connectivity index (χ3n) is 5.00. The molecular weight excluding hydrogens is 300 g/mol. The summed E-state index contributed by atoms with van der Waals surface area (Å²) in [5.74, 6) is -0.837. The van der Waals surface area contributed by atoms with Crippen LogP contribution in [-0.4, -0.2) is 31.3 Å². The van der Waals surface area contributed by atoms with E-state index >= 15 is 0 Å². The quantitative estimate of drug-likeness (QED) is 0.910. The number of hydrogen-bond donors (Lipinski definition) is 2. The topological polar surface area (TPSA) is 56.5 Å². The van der Waals surface area contributed by atoms with Gasteiger partial charge in [-0.25, -0.2) is 0 Å². The van der Waals surface area contributed by atoms with Gasteiger partial charge in [0.15, 0.2) is 0 Å². The van der Waals surface area contributed by atoms with Gasteiger partial charge in [-0.3, -0.25) is 0 Å². The van der Waals surface area contributed by atoms with Crippen molar-refractivity contribution in [3.05, 3.63) is 71.8 Å². The summed E-state index contributed by atoms with van der Waals surface area (Å²) in [4.78, 5) is 0. The Morgan fingerprint density at radius 1 is 0.958 bits per heavy atom. The summed E-state index contributed by atoms with van der Waals surface area (Å²) < 4.78 is 12.9. The van der Waals surface area contributed by atoms with E-state index < -0.39 is 5.79 Å². The van der Waals surface area contributed by atoms with Gasteiger partial charge in [0.1, 0.15) is 6.10 Å². The van der Waals surface area contributed by atoms with Gasteiger partial charge in [0.2, 0.25) is 5.79 Å². The molecule has 0 amide bonds. The van der Waals surface area contributed by atoms with Crippen LogP contribution in [0.25, 0.3) is 0 Å². The molecule has 4 rings (SSSR count). The second kappa shape index (κ2) is 6.65. The summed E-state index contributed by atoms with van der Waals surface area (Å²) in [7, 11) is 0. The van der Waals surface area contributed by atoms with Crippen molar-refractivity contribution in [2.75, 3.05) is 13.2 Å². The molecule has 126 valence electrons. The minimum Gasteiger partial charge on any atom is -0.339 e. The van der Waals surface area contributed by atoms with E-state index in [1.165, 1.54) is 0 Å².